The molecule has 1 aromatic heterocycles. The third-order valence-electron chi connectivity index (χ3n) is 3.78. The van der Waals surface area contributed by atoms with Crippen LogP contribution in [0.4, 0.5) is 0 Å². The Hall–Kier alpha value is -0.830. The predicted molar refractivity (Wildman–Crippen MR) is 66.2 cm³/mol. The third-order valence-corrected chi connectivity index (χ3v) is 3.78. The average Bonchev–Trinajstić information content (AvgIpc) is 2.63. The molecule has 3 nitrogen and oxygen atoms in total. The molecule has 1 saturated carbocycles. The van der Waals surface area contributed by atoms with Gasteiger partial charge < -0.3 is 5.73 Å². The highest BCUT2D eigenvalue weighted by atomic mass is 15.3. The van der Waals surface area contributed by atoms with Gasteiger partial charge in [0.1, 0.15) is 0 Å². The second-order valence-electron chi connectivity index (χ2n) is 5.09. The van der Waals surface area contributed by atoms with Crippen molar-refractivity contribution in [3.63, 3.8) is 0 Å². The second kappa shape index (κ2) is 5.00. The zero-order chi connectivity index (χ0) is 11.5. The van der Waals surface area contributed by atoms with Gasteiger partial charge in [-0.05, 0) is 50.5 Å². The van der Waals surface area contributed by atoms with Crippen LogP contribution in [-0.2, 0) is 19.9 Å². The lowest BCUT2D eigenvalue weighted by molar-refractivity contribution is 0.320. The number of hydrogen-bond donors (Lipinski definition) is 1. The SMILES string of the molecule is CCc1cc(CC2CCC(N)CC2)n(C)n1. The fourth-order valence-electron chi connectivity index (χ4n) is 2.62. The molecule has 1 fully saturated rings. The van der Waals surface area contributed by atoms with Crippen molar-refractivity contribution in [1.29, 1.82) is 0 Å². The van der Waals surface area contributed by atoms with E-state index in [1.165, 1.54) is 43.5 Å². The predicted octanol–water partition coefficient (Wildman–Crippen LogP) is 2.04. The molecule has 1 aromatic rings. The number of hydrogen-bond acceptors (Lipinski definition) is 2. The Kier molecular flexibility index (Phi) is 3.64. The summed E-state index contributed by atoms with van der Waals surface area (Å²) in [4.78, 5) is 0. The number of aromatic nitrogens is 2. The van der Waals surface area contributed by atoms with Crippen LogP contribution < -0.4 is 5.73 Å². The summed E-state index contributed by atoms with van der Waals surface area (Å²) < 4.78 is 2.05. The van der Waals surface area contributed by atoms with E-state index in [0.717, 1.165) is 12.3 Å². The molecule has 2 N–H and O–H groups in total. The summed E-state index contributed by atoms with van der Waals surface area (Å²) >= 11 is 0. The molecule has 0 saturated heterocycles. The molecule has 0 radical (unpaired) electrons. The van der Waals surface area contributed by atoms with E-state index in [2.05, 4.69) is 25.1 Å². The lowest BCUT2D eigenvalue weighted by Crippen LogP contribution is -2.27. The van der Waals surface area contributed by atoms with Gasteiger partial charge in [0.15, 0.2) is 0 Å². The van der Waals surface area contributed by atoms with Gasteiger partial charge in [-0.15, -0.1) is 0 Å². The summed E-state index contributed by atoms with van der Waals surface area (Å²) in [5, 5.41) is 4.50. The first kappa shape index (κ1) is 11.6. The average molecular weight is 221 g/mol. The molecule has 0 aliphatic heterocycles. The minimum atomic E-state index is 0.453. The van der Waals surface area contributed by atoms with Crippen molar-refractivity contribution in [2.75, 3.05) is 0 Å². The quantitative estimate of drug-likeness (QED) is 0.849. The van der Waals surface area contributed by atoms with Gasteiger partial charge in [-0.3, -0.25) is 4.68 Å². The molecule has 16 heavy (non-hydrogen) atoms. The monoisotopic (exact) mass is 221 g/mol. The number of nitrogens with zero attached hydrogens (tertiary/aromatic N) is 2. The Morgan fingerprint density at radius 3 is 2.62 bits per heavy atom. The largest absolute Gasteiger partial charge is 0.328 e. The van der Waals surface area contributed by atoms with E-state index in [1.54, 1.807) is 0 Å². The lowest BCUT2D eigenvalue weighted by Gasteiger charge is -2.25. The Balaban J connectivity index is 1.95. The van der Waals surface area contributed by atoms with Crippen molar-refractivity contribution in [1.82, 2.24) is 9.78 Å². The highest BCUT2D eigenvalue weighted by molar-refractivity contribution is 5.11. The molecule has 0 bridgehead atoms. The summed E-state index contributed by atoms with van der Waals surface area (Å²) in [5.41, 5.74) is 8.53. The summed E-state index contributed by atoms with van der Waals surface area (Å²) in [6, 6.07) is 2.71. The van der Waals surface area contributed by atoms with Gasteiger partial charge in [0.2, 0.25) is 0 Å². The first-order valence-electron chi connectivity index (χ1n) is 6.46. The molecular weight excluding hydrogens is 198 g/mol. The third kappa shape index (κ3) is 2.64. The van der Waals surface area contributed by atoms with Crippen LogP contribution in [0, 0.1) is 5.92 Å². The molecular formula is C13H23N3. The summed E-state index contributed by atoms with van der Waals surface area (Å²) in [6.45, 7) is 2.16. The Morgan fingerprint density at radius 1 is 1.38 bits per heavy atom. The fraction of sp³-hybridized carbons (Fsp3) is 0.769. The molecule has 1 heterocycles. The number of nitrogens with two attached hydrogens (primary N) is 1. The van der Waals surface area contributed by atoms with Crippen molar-refractivity contribution in [3.8, 4) is 0 Å². The van der Waals surface area contributed by atoms with Crippen LogP contribution in [0.3, 0.4) is 0 Å². The van der Waals surface area contributed by atoms with Crippen LogP contribution >= 0.6 is 0 Å². The van der Waals surface area contributed by atoms with Crippen molar-refractivity contribution < 1.29 is 0 Å². The molecule has 0 unspecified atom stereocenters. The topological polar surface area (TPSA) is 43.8 Å². The van der Waals surface area contributed by atoms with Crippen LogP contribution in [0.2, 0.25) is 0 Å². The lowest BCUT2D eigenvalue weighted by atomic mass is 9.84. The molecule has 0 amide bonds. The first-order chi connectivity index (χ1) is 7.69. The van der Waals surface area contributed by atoms with E-state index >= 15 is 0 Å². The zero-order valence-corrected chi connectivity index (χ0v) is 10.4. The number of rotatable bonds is 3. The molecule has 0 aromatic carbocycles. The second-order valence-corrected chi connectivity index (χ2v) is 5.09. The van der Waals surface area contributed by atoms with E-state index in [-0.39, 0.29) is 0 Å². The molecule has 0 spiro atoms. The summed E-state index contributed by atoms with van der Waals surface area (Å²) in [5.74, 6) is 0.819. The van der Waals surface area contributed by atoms with Crippen molar-refractivity contribution >= 4 is 0 Å². The van der Waals surface area contributed by atoms with Gasteiger partial charge in [0.25, 0.3) is 0 Å². The van der Waals surface area contributed by atoms with Crippen molar-refractivity contribution in [3.05, 3.63) is 17.5 Å². The highest BCUT2D eigenvalue weighted by Gasteiger charge is 2.20. The van der Waals surface area contributed by atoms with Gasteiger partial charge in [0, 0.05) is 18.8 Å². The zero-order valence-electron chi connectivity index (χ0n) is 10.4. The van der Waals surface area contributed by atoms with Crippen molar-refractivity contribution in [2.45, 2.75) is 51.5 Å². The fourth-order valence-corrected chi connectivity index (χ4v) is 2.62. The van der Waals surface area contributed by atoms with Gasteiger partial charge in [-0.25, -0.2) is 0 Å². The minimum Gasteiger partial charge on any atom is -0.328 e. The van der Waals surface area contributed by atoms with Gasteiger partial charge in [-0.1, -0.05) is 6.92 Å². The van der Waals surface area contributed by atoms with Gasteiger partial charge in [0.05, 0.1) is 5.69 Å². The standard InChI is InChI=1S/C13H23N3/c1-3-12-9-13(16(2)15-12)8-10-4-6-11(14)7-5-10/h9-11H,3-8,14H2,1-2H3. The highest BCUT2D eigenvalue weighted by Crippen LogP contribution is 2.26. The van der Waals surface area contributed by atoms with Gasteiger partial charge in [-0.2, -0.15) is 5.10 Å². The van der Waals surface area contributed by atoms with Crippen LogP contribution in [0.15, 0.2) is 6.07 Å². The normalized spacial score (nSPS) is 25.9. The van der Waals surface area contributed by atoms with E-state index in [4.69, 9.17) is 5.73 Å². The molecule has 90 valence electrons. The van der Waals surface area contributed by atoms with E-state index in [0.29, 0.717) is 6.04 Å². The first-order valence-corrected chi connectivity index (χ1v) is 6.46. The Labute approximate surface area is 98.0 Å². The summed E-state index contributed by atoms with van der Waals surface area (Å²) in [7, 11) is 2.06. The molecule has 2 rings (SSSR count). The molecule has 0 atom stereocenters. The molecule has 1 aliphatic rings. The van der Waals surface area contributed by atoms with Crippen molar-refractivity contribution in [2.24, 2.45) is 18.7 Å². The Morgan fingerprint density at radius 2 is 2.06 bits per heavy atom. The smallest absolute Gasteiger partial charge is 0.0624 e. The minimum absolute atomic E-state index is 0.453. The van der Waals surface area contributed by atoms with Crippen LogP contribution in [0.1, 0.15) is 44.0 Å². The maximum Gasteiger partial charge on any atom is 0.0624 e. The van der Waals surface area contributed by atoms with Gasteiger partial charge >= 0.3 is 0 Å². The van der Waals surface area contributed by atoms with Crippen LogP contribution in [-0.4, -0.2) is 15.8 Å². The van der Waals surface area contributed by atoms with E-state index < -0.39 is 0 Å². The number of aryl methyl sites for hydroxylation is 2. The summed E-state index contributed by atoms with van der Waals surface area (Å²) in [6.07, 6.45) is 7.17. The molecule has 1 aliphatic carbocycles. The maximum absolute atomic E-state index is 5.93. The molecule has 3 heteroatoms. The Bertz CT molecular complexity index is 335. The van der Waals surface area contributed by atoms with E-state index in [9.17, 15) is 0 Å². The van der Waals surface area contributed by atoms with E-state index in [1.807, 2.05) is 4.68 Å². The maximum atomic E-state index is 5.93. The van der Waals surface area contributed by atoms with Crippen LogP contribution in [0.5, 0.6) is 0 Å². The van der Waals surface area contributed by atoms with Crippen LogP contribution in [0.25, 0.3) is 0 Å².